The zero-order valence-electron chi connectivity index (χ0n) is 12.1. The highest BCUT2D eigenvalue weighted by Gasteiger charge is 2.19. The van der Waals surface area contributed by atoms with E-state index in [4.69, 9.17) is 0 Å². The number of nitrogens with one attached hydrogen (secondary N) is 1. The molecule has 1 fully saturated rings. The van der Waals surface area contributed by atoms with Gasteiger partial charge in [-0.05, 0) is 38.9 Å². The monoisotopic (exact) mass is 264 g/mol. The van der Waals surface area contributed by atoms with Gasteiger partial charge in [0.2, 0.25) is 0 Å². The van der Waals surface area contributed by atoms with Crippen LogP contribution in [-0.4, -0.2) is 20.1 Å². The van der Waals surface area contributed by atoms with Crippen LogP contribution in [0.1, 0.15) is 50.6 Å². The summed E-state index contributed by atoms with van der Waals surface area (Å²) in [6.07, 6.45) is 6.36. The fraction of sp³-hybridized carbons (Fsp3) is 0.625. The van der Waals surface area contributed by atoms with Crippen molar-refractivity contribution >= 4 is 5.69 Å². The summed E-state index contributed by atoms with van der Waals surface area (Å²) in [5.41, 5.74) is 1.88. The molecule has 3 heteroatoms. The number of halogens is 1. The largest absolute Gasteiger partial charge is 0.371 e. The van der Waals surface area contributed by atoms with Crippen LogP contribution in [0.15, 0.2) is 18.2 Å². The maximum Gasteiger partial charge on any atom is 0.130 e. The zero-order chi connectivity index (χ0) is 13.7. The third kappa shape index (κ3) is 3.47. The van der Waals surface area contributed by atoms with E-state index in [1.165, 1.54) is 32.1 Å². The van der Waals surface area contributed by atoms with Crippen LogP contribution in [0, 0.1) is 5.82 Å². The van der Waals surface area contributed by atoms with Gasteiger partial charge in [-0.2, -0.15) is 0 Å². The van der Waals surface area contributed by atoms with E-state index in [0.717, 1.165) is 24.3 Å². The van der Waals surface area contributed by atoms with E-state index in [9.17, 15) is 4.39 Å². The van der Waals surface area contributed by atoms with Crippen molar-refractivity contribution in [2.24, 2.45) is 0 Å². The molecule has 0 spiro atoms. The van der Waals surface area contributed by atoms with Crippen LogP contribution >= 0.6 is 0 Å². The van der Waals surface area contributed by atoms with Crippen molar-refractivity contribution in [2.45, 2.75) is 45.1 Å². The molecule has 0 radical (unpaired) electrons. The number of benzene rings is 1. The van der Waals surface area contributed by atoms with Gasteiger partial charge in [0.15, 0.2) is 0 Å². The summed E-state index contributed by atoms with van der Waals surface area (Å²) in [5, 5.41) is 3.16. The smallest absolute Gasteiger partial charge is 0.130 e. The second kappa shape index (κ2) is 6.90. The van der Waals surface area contributed by atoms with Crippen molar-refractivity contribution < 1.29 is 4.39 Å². The number of nitrogens with zero attached hydrogens (tertiary/aromatic N) is 1. The Morgan fingerprint density at radius 1 is 1.11 bits per heavy atom. The Hall–Kier alpha value is -1.09. The Kier molecular flexibility index (Phi) is 5.20. The van der Waals surface area contributed by atoms with Gasteiger partial charge in [0.25, 0.3) is 0 Å². The molecule has 2 nitrogen and oxygen atoms in total. The topological polar surface area (TPSA) is 15.3 Å². The van der Waals surface area contributed by atoms with E-state index in [-0.39, 0.29) is 11.9 Å². The molecule has 0 aliphatic carbocycles. The van der Waals surface area contributed by atoms with Crippen molar-refractivity contribution in [3.05, 3.63) is 29.6 Å². The van der Waals surface area contributed by atoms with Crippen molar-refractivity contribution in [2.75, 3.05) is 25.0 Å². The lowest BCUT2D eigenvalue weighted by atomic mass is 10.0. The van der Waals surface area contributed by atoms with E-state index in [0.29, 0.717) is 0 Å². The summed E-state index contributed by atoms with van der Waals surface area (Å²) < 4.78 is 14.2. The first-order valence-corrected chi connectivity index (χ1v) is 7.44. The van der Waals surface area contributed by atoms with Gasteiger partial charge in [-0.1, -0.05) is 25.3 Å². The second-order valence-corrected chi connectivity index (χ2v) is 5.44. The predicted octanol–water partition coefficient (Wildman–Crippen LogP) is 3.88. The SMILES string of the molecule is CNC(C)c1c(F)cccc1N1CCCCCCC1. The molecule has 0 aromatic heterocycles. The van der Waals surface area contributed by atoms with Crippen molar-refractivity contribution in [1.82, 2.24) is 5.32 Å². The van der Waals surface area contributed by atoms with Gasteiger partial charge in [0.1, 0.15) is 5.82 Å². The lowest BCUT2D eigenvalue weighted by Gasteiger charge is -2.30. The fourth-order valence-electron chi connectivity index (χ4n) is 2.86. The summed E-state index contributed by atoms with van der Waals surface area (Å²) >= 11 is 0. The minimum Gasteiger partial charge on any atom is -0.371 e. The van der Waals surface area contributed by atoms with Gasteiger partial charge >= 0.3 is 0 Å². The maximum absolute atomic E-state index is 14.2. The lowest BCUT2D eigenvalue weighted by Crippen LogP contribution is -2.29. The minimum absolute atomic E-state index is 0.0432. The molecule has 1 aromatic carbocycles. The zero-order valence-corrected chi connectivity index (χ0v) is 12.1. The summed E-state index contributed by atoms with van der Waals surface area (Å²) in [6.45, 7) is 4.12. The summed E-state index contributed by atoms with van der Waals surface area (Å²) in [4.78, 5) is 2.37. The van der Waals surface area contributed by atoms with Crippen LogP contribution < -0.4 is 10.2 Å². The highest BCUT2D eigenvalue weighted by Crippen LogP contribution is 2.30. The quantitative estimate of drug-likeness (QED) is 0.891. The Bertz CT molecular complexity index is 398. The molecule has 19 heavy (non-hydrogen) atoms. The Labute approximate surface area is 116 Å². The molecule has 1 unspecified atom stereocenters. The van der Waals surface area contributed by atoms with Gasteiger partial charge in [-0.25, -0.2) is 4.39 Å². The average Bonchev–Trinajstić information content (AvgIpc) is 2.37. The molecule has 106 valence electrons. The molecule has 1 aliphatic heterocycles. The Morgan fingerprint density at radius 3 is 2.37 bits per heavy atom. The van der Waals surface area contributed by atoms with Crippen LogP contribution in [0.4, 0.5) is 10.1 Å². The normalized spacial score (nSPS) is 18.8. The fourth-order valence-corrected chi connectivity index (χ4v) is 2.86. The van der Waals surface area contributed by atoms with Crippen LogP contribution in [0.5, 0.6) is 0 Å². The van der Waals surface area contributed by atoms with Gasteiger partial charge < -0.3 is 10.2 Å². The maximum atomic E-state index is 14.2. The molecule has 1 aliphatic rings. The number of hydrogen-bond donors (Lipinski definition) is 1. The predicted molar refractivity (Wildman–Crippen MR) is 79.2 cm³/mol. The van der Waals surface area contributed by atoms with Crippen LogP contribution in [0.2, 0.25) is 0 Å². The Morgan fingerprint density at radius 2 is 1.74 bits per heavy atom. The lowest BCUT2D eigenvalue weighted by molar-refractivity contribution is 0.539. The van der Waals surface area contributed by atoms with E-state index in [1.54, 1.807) is 6.07 Å². The van der Waals surface area contributed by atoms with E-state index in [1.807, 2.05) is 20.0 Å². The molecule has 1 heterocycles. The number of rotatable bonds is 3. The molecule has 0 saturated carbocycles. The molecule has 0 bridgehead atoms. The van der Waals surface area contributed by atoms with Gasteiger partial charge in [0.05, 0.1) is 0 Å². The third-order valence-electron chi connectivity index (χ3n) is 4.09. The first-order chi connectivity index (χ1) is 9.24. The molecule has 1 N–H and O–H groups in total. The second-order valence-electron chi connectivity index (χ2n) is 5.44. The van der Waals surface area contributed by atoms with E-state index in [2.05, 4.69) is 16.3 Å². The minimum atomic E-state index is -0.0959. The van der Waals surface area contributed by atoms with Gasteiger partial charge in [0, 0.05) is 30.4 Å². The van der Waals surface area contributed by atoms with Crippen molar-refractivity contribution in [3.63, 3.8) is 0 Å². The van der Waals surface area contributed by atoms with Crippen molar-refractivity contribution in [1.29, 1.82) is 0 Å². The average molecular weight is 264 g/mol. The first kappa shape index (κ1) is 14.3. The standard InChI is InChI=1S/C16H25FN2/c1-13(18-2)16-14(17)9-8-10-15(16)19-11-6-4-3-5-7-12-19/h8-10,13,18H,3-7,11-12H2,1-2H3. The summed E-state index contributed by atoms with van der Waals surface area (Å²) in [5.74, 6) is -0.0959. The van der Waals surface area contributed by atoms with Crippen LogP contribution in [0.3, 0.4) is 0 Å². The Balaban J connectivity index is 2.28. The third-order valence-corrected chi connectivity index (χ3v) is 4.09. The summed E-state index contributed by atoms with van der Waals surface area (Å²) in [7, 11) is 1.88. The van der Waals surface area contributed by atoms with Gasteiger partial charge in [-0.15, -0.1) is 0 Å². The number of anilines is 1. The highest BCUT2D eigenvalue weighted by molar-refractivity contribution is 5.55. The molecule has 1 atom stereocenters. The molecule has 1 aromatic rings. The van der Waals surface area contributed by atoms with E-state index < -0.39 is 0 Å². The van der Waals surface area contributed by atoms with Crippen LogP contribution in [0.25, 0.3) is 0 Å². The number of hydrogen-bond acceptors (Lipinski definition) is 2. The van der Waals surface area contributed by atoms with E-state index >= 15 is 0 Å². The summed E-state index contributed by atoms with van der Waals surface area (Å²) in [6, 6.07) is 5.50. The van der Waals surface area contributed by atoms with Gasteiger partial charge in [-0.3, -0.25) is 0 Å². The van der Waals surface area contributed by atoms with Crippen molar-refractivity contribution in [3.8, 4) is 0 Å². The molecule has 2 rings (SSSR count). The molecule has 1 saturated heterocycles. The molecular formula is C16H25FN2. The highest BCUT2D eigenvalue weighted by atomic mass is 19.1. The molecular weight excluding hydrogens is 239 g/mol. The van der Waals surface area contributed by atoms with Crippen LogP contribution in [-0.2, 0) is 0 Å². The molecule has 0 amide bonds. The first-order valence-electron chi connectivity index (χ1n) is 7.44.